The number of hydrogen-bond acceptors (Lipinski definition) is 4. The molecule has 6 heteroatoms. The number of nitrogens with zero attached hydrogens (tertiary/aromatic N) is 2. The number of methoxy groups -OCH3 is 1. The lowest BCUT2D eigenvalue weighted by Gasteiger charge is -2.14. The third-order valence-corrected chi connectivity index (χ3v) is 3.09. The van der Waals surface area contributed by atoms with Crippen LogP contribution in [0.3, 0.4) is 0 Å². The Balaban J connectivity index is 2.16. The minimum Gasteiger partial charge on any atom is -0.493 e. The first-order valence-corrected chi connectivity index (χ1v) is 6.57. The number of carboxylic acid groups (broad SMARTS) is 1. The van der Waals surface area contributed by atoms with Crippen LogP contribution in [-0.4, -0.2) is 27.7 Å². The molecule has 0 fully saturated rings. The van der Waals surface area contributed by atoms with Crippen molar-refractivity contribution in [3.05, 3.63) is 42.0 Å². The maximum atomic E-state index is 10.9. The minimum atomic E-state index is -1.00. The Kier molecular flexibility index (Phi) is 4.47. The Labute approximate surface area is 122 Å². The van der Waals surface area contributed by atoms with E-state index in [1.54, 1.807) is 18.6 Å². The second-order valence-corrected chi connectivity index (χ2v) is 4.85. The van der Waals surface area contributed by atoms with Crippen molar-refractivity contribution in [1.29, 1.82) is 0 Å². The van der Waals surface area contributed by atoms with Gasteiger partial charge >= 0.3 is 5.97 Å². The molecular formula is C15H18N2O4. The van der Waals surface area contributed by atoms with Crippen LogP contribution in [0.25, 0.3) is 0 Å². The van der Waals surface area contributed by atoms with Crippen LogP contribution in [0.15, 0.2) is 30.7 Å². The van der Waals surface area contributed by atoms with E-state index in [0.717, 1.165) is 5.69 Å². The molecule has 1 heterocycles. The normalized spacial score (nSPS) is 10.7. The predicted molar refractivity (Wildman–Crippen MR) is 76.9 cm³/mol. The number of benzene rings is 1. The van der Waals surface area contributed by atoms with E-state index in [1.165, 1.54) is 19.2 Å². The number of aromatic carboxylic acids is 1. The van der Waals surface area contributed by atoms with E-state index in [4.69, 9.17) is 14.6 Å². The number of carboxylic acids is 1. The van der Waals surface area contributed by atoms with E-state index in [9.17, 15) is 4.79 Å². The molecule has 0 unspecified atom stereocenters. The Morgan fingerprint density at radius 1 is 1.38 bits per heavy atom. The molecule has 0 aliphatic rings. The van der Waals surface area contributed by atoms with Crippen LogP contribution in [0.1, 0.15) is 35.9 Å². The molecule has 21 heavy (non-hydrogen) atoms. The van der Waals surface area contributed by atoms with Crippen molar-refractivity contribution in [2.24, 2.45) is 0 Å². The summed E-state index contributed by atoms with van der Waals surface area (Å²) < 4.78 is 12.9. The van der Waals surface area contributed by atoms with Crippen molar-refractivity contribution >= 4 is 5.97 Å². The van der Waals surface area contributed by atoms with Crippen molar-refractivity contribution in [2.75, 3.05) is 7.11 Å². The quantitative estimate of drug-likeness (QED) is 0.885. The fraction of sp³-hybridized carbons (Fsp3) is 0.333. The van der Waals surface area contributed by atoms with Crippen molar-refractivity contribution in [2.45, 2.75) is 26.5 Å². The van der Waals surface area contributed by atoms with Gasteiger partial charge in [0.15, 0.2) is 11.5 Å². The number of rotatable bonds is 6. The first-order chi connectivity index (χ1) is 10.0. The third-order valence-electron chi connectivity index (χ3n) is 3.09. The van der Waals surface area contributed by atoms with Crippen molar-refractivity contribution in [3.63, 3.8) is 0 Å². The molecule has 0 aliphatic carbocycles. The molecule has 1 aromatic carbocycles. The smallest absolute Gasteiger partial charge is 0.335 e. The molecule has 0 radical (unpaired) electrons. The van der Waals surface area contributed by atoms with E-state index in [2.05, 4.69) is 18.8 Å². The first kappa shape index (κ1) is 14.9. The number of imidazole rings is 1. The van der Waals surface area contributed by atoms with Gasteiger partial charge in [0.1, 0.15) is 6.61 Å². The van der Waals surface area contributed by atoms with Crippen LogP contribution in [0, 0.1) is 0 Å². The van der Waals surface area contributed by atoms with Gasteiger partial charge in [0.2, 0.25) is 0 Å². The molecule has 0 bridgehead atoms. The topological polar surface area (TPSA) is 73.6 Å². The summed E-state index contributed by atoms with van der Waals surface area (Å²) in [4.78, 5) is 15.0. The lowest BCUT2D eigenvalue weighted by Crippen LogP contribution is -2.08. The van der Waals surface area contributed by atoms with Crippen molar-refractivity contribution in [3.8, 4) is 11.5 Å². The Hall–Kier alpha value is -2.50. The maximum absolute atomic E-state index is 10.9. The molecule has 0 atom stereocenters. The summed E-state index contributed by atoms with van der Waals surface area (Å²) in [5.41, 5.74) is 1.10. The second-order valence-electron chi connectivity index (χ2n) is 4.85. The van der Waals surface area contributed by atoms with Gasteiger partial charge in [-0.25, -0.2) is 9.78 Å². The molecule has 0 saturated carbocycles. The summed E-state index contributed by atoms with van der Waals surface area (Å²) in [6.45, 7) is 4.46. The molecule has 2 aromatic rings. The van der Waals surface area contributed by atoms with Gasteiger partial charge in [-0.15, -0.1) is 0 Å². The van der Waals surface area contributed by atoms with E-state index in [-0.39, 0.29) is 5.56 Å². The third kappa shape index (κ3) is 3.34. The standard InChI is InChI=1S/C15H18N2O4/c1-10(2)17-9-16-7-12(17)8-21-13-5-4-11(15(18)19)6-14(13)20-3/h4-7,9-10H,8H2,1-3H3,(H,18,19). The number of hydrogen-bond donors (Lipinski definition) is 1. The van der Waals surface area contributed by atoms with Crippen LogP contribution in [0.2, 0.25) is 0 Å². The van der Waals surface area contributed by atoms with Crippen LogP contribution in [0.5, 0.6) is 11.5 Å². The molecule has 0 saturated heterocycles. The number of ether oxygens (including phenoxy) is 2. The molecule has 112 valence electrons. The van der Waals surface area contributed by atoms with Crippen LogP contribution >= 0.6 is 0 Å². The molecule has 1 N–H and O–H groups in total. The van der Waals surface area contributed by atoms with Crippen LogP contribution in [-0.2, 0) is 6.61 Å². The van der Waals surface area contributed by atoms with Gasteiger partial charge in [-0.3, -0.25) is 0 Å². The highest BCUT2D eigenvalue weighted by atomic mass is 16.5. The van der Waals surface area contributed by atoms with Gasteiger partial charge in [-0.05, 0) is 32.0 Å². The summed E-state index contributed by atoms with van der Waals surface area (Å²) in [5.74, 6) is -0.109. The lowest BCUT2D eigenvalue weighted by molar-refractivity contribution is 0.0696. The highest BCUT2D eigenvalue weighted by molar-refractivity contribution is 5.88. The molecular weight excluding hydrogens is 272 g/mol. The van der Waals surface area contributed by atoms with Crippen molar-refractivity contribution < 1.29 is 19.4 Å². The monoisotopic (exact) mass is 290 g/mol. The molecule has 0 aliphatic heterocycles. The van der Waals surface area contributed by atoms with Crippen LogP contribution in [0.4, 0.5) is 0 Å². The van der Waals surface area contributed by atoms with Gasteiger partial charge in [0.05, 0.1) is 30.9 Å². The zero-order valence-corrected chi connectivity index (χ0v) is 12.2. The fourth-order valence-corrected chi connectivity index (χ4v) is 1.98. The molecule has 0 spiro atoms. The summed E-state index contributed by atoms with van der Waals surface area (Å²) in [7, 11) is 1.48. The zero-order valence-electron chi connectivity index (χ0n) is 12.2. The van der Waals surface area contributed by atoms with Gasteiger partial charge in [0.25, 0.3) is 0 Å². The predicted octanol–water partition coefficient (Wildman–Crippen LogP) is 2.75. The van der Waals surface area contributed by atoms with E-state index in [1.807, 2.05) is 4.57 Å². The molecule has 6 nitrogen and oxygen atoms in total. The molecule has 2 rings (SSSR count). The minimum absolute atomic E-state index is 0.159. The Bertz CT molecular complexity index is 634. The highest BCUT2D eigenvalue weighted by Crippen LogP contribution is 2.29. The molecule has 0 amide bonds. The van der Waals surface area contributed by atoms with E-state index < -0.39 is 5.97 Å². The Morgan fingerprint density at radius 3 is 2.76 bits per heavy atom. The molecule has 1 aromatic heterocycles. The number of carbonyl (C=O) groups is 1. The SMILES string of the molecule is COc1cc(C(=O)O)ccc1OCc1cncn1C(C)C. The summed E-state index contributed by atoms with van der Waals surface area (Å²) in [6.07, 6.45) is 3.51. The van der Waals surface area contributed by atoms with Gasteiger partial charge in [-0.1, -0.05) is 0 Å². The fourth-order valence-electron chi connectivity index (χ4n) is 1.98. The van der Waals surface area contributed by atoms with E-state index in [0.29, 0.717) is 24.1 Å². The van der Waals surface area contributed by atoms with Crippen molar-refractivity contribution in [1.82, 2.24) is 9.55 Å². The highest BCUT2D eigenvalue weighted by Gasteiger charge is 2.11. The number of aromatic nitrogens is 2. The summed E-state index contributed by atoms with van der Waals surface area (Å²) in [6, 6.07) is 4.82. The Morgan fingerprint density at radius 2 is 2.14 bits per heavy atom. The van der Waals surface area contributed by atoms with Crippen LogP contribution < -0.4 is 9.47 Å². The van der Waals surface area contributed by atoms with Gasteiger partial charge in [0, 0.05) is 6.04 Å². The van der Waals surface area contributed by atoms with Gasteiger partial charge in [-0.2, -0.15) is 0 Å². The first-order valence-electron chi connectivity index (χ1n) is 6.57. The summed E-state index contributed by atoms with van der Waals surface area (Å²) >= 11 is 0. The zero-order chi connectivity index (χ0) is 15.4. The summed E-state index contributed by atoms with van der Waals surface area (Å²) in [5, 5.41) is 8.97. The van der Waals surface area contributed by atoms with Gasteiger partial charge < -0.3 is 19.1 Å². The second kappa shape index (κ2) is 6.30. The average molecular weight is 290 g/mol. The average Bonchev–Trinajstić information content (AvgIpc) is 2.93. The largest absolute Gasteiger partial charge is 0.493 e. The maximum Gasteiger partial charge on any atom is 0.335 e. The lowest BCUT2D eigenvalue weighted by atomic mass is 10.2. The van der Waals surface area contributed by atoms with E-state index >= 15 is 0 Å².